The highest BCUT2D eigenvalue weighted by Crippen LogP contribution is 2.04. The summed E-state index contributed by atoms with van der Waals surface area (Å²) < 4.78 is 9.06. The fraction of sp³-hybridized carbons (Fsp3) is 0.714. The third kappa shape index (κ3) is 9.35. The summed E-state index contributed by atoms with van der Waals surface area (Å²) in [5, 5.41) is 0. The lowest BCUT2D eigenvalue weighted by Crippen LogP contribution is -2.38. The minimum atomic E-state index is -4.51. The molecule has 0 spiro atoms. The van der Waals surface area contributed by atoms with Gasteiger partial charge in [0.2, 0.25) is 0 Å². The highest BCUT2D eigenvalue weighted by atomic mass is 28.4. The molecule has 0 atom stereocenters. The molecular formula is C7H16O5Si. The third-order valence-electron chi connectivity index (χ3n) is 1.26. The maximum Gasteiger partial charge on any atom is 0.743 e. The van der Waals surface area contributed by atoms with Gasteiger partial charge < -0.3 is 23.5 Å². The van der Waals surface area contributed by atoms with Crippen molar-refractivity contribution in [1.29, 1.82) is 0 Å². The molecule has 0 aliphatic rings. The summed E-state index contributed by atoms with van der Waals surface area (Å²) in [7, 11) is -4.51. The van der Waals surface area contributed by atoms with Gasteiger partial charge in [-0.25, -0.2) is 0 Å². The molecule has 0 amide bonds. The number of ether oxygens (including phenoxy) is 1. The van der Waals surface area contributed by atoms with Crippen LogP contribution in [0.4, 0.5) is 0 Å². The number of hydrogen-bond donors (Lipinski definition) is 3. The van der Waals surface area contributed by atoms with Crippen LogP contribution in [0.3, 0.4) is 0 Å². The topological polar surface area (TPSA) is 79.2 Å². The van der Waals surface area contributed by atoms with Gasteiger partial charge in [0.25, 0.3) is 5.95 Å². The molecule has 0 saturated carbocycles. The van der Waals surface area contributed by atoms with Crippen molar-refractivity contribution < 1.29 is 23.5 Å². The van der Waals surface area contributed by atoms with E-state index < -0.39 is 9.05 Å². The van der Waals surface area contributed by atoms with Crippen LogP contribution in [0.25, 0.3) is 0 Å². The Morgan fingerprint density at radius 1 is 1.31 bits per heavy atom. The second-order valence-electron chi connectivity index (χ2n) is 2.60. The van der Waals surface area contributed by atoms with E-state index in [2.05, 4.69) is 17.9 Å². The van der Waals surface area contributed by atoms with Crippen molar-refractivity contribution in [2.24, 2.45) is 0 Å². The van der Waals surface area contributed by atoms with E-state index in [0.29, 0.717) is 6.61 Å². The lowest BCUT2D eigenvalue weighted by Gasteiger charge is -2.14. The Balaban J connectivity index is 3.41. The lowest BCUT2D eigenvalue weighted by atomic mass is 10.3. The van der Waals surface area contributed by atoms with E-state index in [-0.39, 0.29) is 5.95 Å². The van der Waals surface area contributed by atoms with Gasteiger partial charge >= 0.3 is 9.05 Å². The molecule has 78 valence electrons. The molecule has 0 aromatic heterocycles. The number of rotatable bonds is 7. The Hall–Kier alpha value is -0.563. The molecule has 0 radical (unpaired) electrons. The van der Waals surface area contributed by atoms with Crippen molar-refractivity contribution in [3.8, 4) is 0 Å². The standard InChI is InChI=1S/C7H16O5Si/c1-3-4-5-6-11-7(2)12-13(8,9)10/h8-10H,2-6H2,1H3. The molecular weight excluding hydrogens is 192 g/mol. The first kappa shape index (κ1) is 12.4. The van der Waals surface area contributed by atoms with Crippen molar-refractivity contribution in [2.45, 2.75) is 26.2 Å². The van der Waals surface area contributed by atoms with Gasteiger partial charge in [-0.3, -0.25) is 0 Å². The van der Waals surface area contributed by atoms with Crippen molar-refractivity contribution in [1.82, 2.24) is 0 Å². The second kappa shape index (κ2) is 5.98. The molecule has 0 aliphatic heterocycles. The number of hydrogen-bond acceptors (Lipinski definition) is 5. The first-order valence-electron chi connectivity index (χ1n) is 4.13. The van der Waals surface area contributed by atoms with Crippen LogP contribution in [0.15, 0.2) is 12.5 Å². The van der Waals surface area contributed by atoms with E-state index in [1.165, 1.54) is 0 Å². The normalized spacial score (nSPS) is 11.1. The summed E-state index contributed by atoms with van der Waals surface area (Å²) in [6, 6.07) is 0. The van der Waals surface area contributed by atoms with Gasteiger partial charge in [0.05, 0.1) is 6.61 Å². The maximum absolute atomic E-state index is 8.48. The van der Waals surface area contributed by atoms with Gasteiger partial charge in [-0.1, -0.05) is 19.8 Å². The summed E-state index contributed by atoms with van der Waals surface area (Å²) in [5.74, 6) is -0.254. The van der Waals surface area contributed by atoms with E-state index >= 15 is 0 Å². The molecule has 0 unspecified atom stereocenters. The zero-order valence-electron chi connectivity index (χ0n) is 7.69. The summed E-state index contributed by atoms with van der Waals surface area (Å²) in [6.07, 6.45) is 2.93. The molecule has 0 aromatic rings. The van der Waals surface area contributed by atoms with Crippen molar-refractivity contribution in [3.05, 3.63) is 12.5 Å². The van der Waals surface area contributed by atoms with Crippen LogP contribution >= 0.6 is 0 Å². The molecule has 0 fully saturated rings. The summed E-state index contributed by atoms with van der Waals surface area (Å²) >= 11 is 0. The molecule has 3 N–H and O–H groups in total. The maximum atomic E-state index is 8.48. The average molecular weight is 208 g/mol. The average Bonchev–Trinajstić information content (AvgIpc) is 1.94. The zero-order valence-corrected chi connectivity index (χ0v) is 8.69. The van der Waals surface area contributed by atoms with E-state index in [4.69, 9.17) is 19.1 Å². The van der Waals surface area contributed by atoms with Crippen LogP contribution in [-0.4, -0.2) is 30.0 Å². The third-order valence-corrected chi connectivity index (χ3v) is 1.76. The van der Waals surface area contributed by atoms with Crippen LogP contribution in [0, 0.1) is 0 Å². The first-order chi connectivity index (χ1) is 5.95. The fourth-order valence-electron chi connectivity index (χ4n) is 0.720. The second-order valence-corrected chi connectivity index (χ2v) is 3.96. The van der Waals surface area contributed by atoms with Crippen molar-refractivity contribution in [3.63, 3.8) is 0 Å². The Bertz CT molecular complexity index is 153. The van der Waals surface area contributed by atoms with E-state index in [1.54, 1.807) is 0 Å². The smallest absolute Gasteiger partial charge is 0.467 e. The van der Waals surface area contributed by atoms with E-state index in [1.807, 2.05) is 0 Å². The Labute approximate surface area is 78.7 Å². The predicted octanol–water partition coefficient (Wildman–Crippen LogP) is 0.0935. The first-order valence-corrected chi connectivity index (χ1v) is 5.88. The minimum Gasteiger partial charge on any atom is -0.467 e. The number of unbranched alkanes of at least 4 members (excludes halogenated alkanes) is 2. The van der Waals surface area contributed by atoms with Crippen LogP contribution in [0.1, 0.15) is 26.2 Å². The molecule has 5 nitrogen and oxygen atoms in total. The fourth-order valence-corrected chi connectivity index (χ4v) is 1.08. The van der Waals surface area contributed by atoms with Crippen LogP contribution in [0.2, 0.25) is 0 Å². The quantitative estimate of drug-likeness (QED) is 0.314. The van der Waals surface area contributed by atoms with E-state index in [0.717, 1.165) is 19.3 Å². The molecule has 0 aliphatic carbocycles. The molecule has 0 bridgehead atoms. The van der Waals surface area contributed by atoms with E-state index in [9.17, 15) is 0 Å². The van der Waals surface area contributed by atoms with Gasteiger partial charge in [-0.05, 0) is 13.0 Å². The van der Waals surface area contributed by atoms with Gasteiger partial charge in [-0.15, -0.1) is 0 Å². The molecule has 0 rings (SSSR count). The van der Waals surface area contributed by atoms with Crippen LogP contribution in [-0.2, 0) is 9.16 Å². The Morgan fingerprint density at radius 2 is 1.92 bits per heavy atom. The largest absolute Gasteiger partial charge is 0.743 e. The van der Waals surface area contributed by atoms with Crippen molar-refractivity contribution in [2.75, 3.05) is 6.61 Å². The van der Waals surface area contributed by atoms with Crippen molar-refractivity contribution >= 4 is 9.05 Å². The Kier molecular flexibility index (Phi) is 5.72. The monoisotopic (exact) mass is 208 g/mol. The molecule has 0 heterocycles. The lowest BCUT2D eigenvalue weighted by molar-refractivity contribution is 0.0188. The van der Waals surface area contributed by atoms with Gasteiger partial charge in [0.1, 0.15) is 0 Å². The SMILES string of the molecule is C=C(OCCCCC)O[Si](O)(O)O. The van der Waals surface area contributed by atoms with Crippen LogP contribution < -0.4 is 0 Å². The van der Waals surface area contributed by atoms with Gasteiger partial charge in [-0.2, -0.15) is 0 Å². The van der Waals surface area contributed by atoms with Gasteiger partial charge in [0.15, 0.2) is 0 Å². The van der Waals surface area contributed by atoms with Gasteiger partial charge in [0, 0.05) is 0 Å². The summed E-state index contributed by atoms with van der Waals surface area (Å²) in [5.41, 5.74) is 0. The summed E-state index contributed by atoms with van der Waals surface area (Å²) in [6.45, 7) is 5.70. The molecule has 6 heteroatoms. The minimum absolute atomic E-state index is 0.254. The predicted molar refractivity (Wildman–Crippen MR) is 48.1 cm³/mol. The molecule has 13 heavy (non-hydrogen) atoms. The van der Waals surface area contributed by atoms with Crippen LogP contribution in [0.5, 0.6) is 0 Å². The molecule has 0 aromatic carbocycles. The highest BCUT2D eigenvalue weighted by Gasteiger charge is 2.34. The molecule has 0 saturated heterocycles. The Morgan fingerprint density at radius 3 is 2.38 bits per heavy atom. The summed E-state index contributed by atoms with van der Waals surface area (Å²) in [4.78, 5) is 25.4. The zero-order chi connectivity index (χ0) is 10.3. The highest BCUT2D eigenvalue weighted by molar-refractivity contribution is 6.48.